The van der Waals surface area contributed by atoms with Gasteiger partial charge in [-0.05, 0) is 29.7 Å². The minimum atomic E-state index is -0.371. The van der Waals surface area contributed by atoms with Crippen LogP contribution in [0.2, 0.25) is 0 Å². The summed E-state index contributed by atoms with van der Waals surface area (Å²) < 4.78 is 11.8. The first-order valence-corrected chi connectivity index (χ1v) is 9.67. The van der Waals surface area contributed by atoms with Crippen molar-refractivity contribution in [1.29, 1.82) is 0 Å². The number of hydrogen-bond acceptors (Lipinski definition) is 5. The molecule has 0 bridgehead atoms. The van der Waals surface area contributed by atoms with Gasteiger partial charge in [0.05, 0.1) is 19.9 Å². The zero-order chi connectivity index (χ0) is 21.8. The molecule has 31 heavy (non-hydrogen) atoms. The van der Waals surface area contributed by atoms with Crippen molar-refractivity contribution < 1.29 is 14.3 Å². The fourth-order valence-electron chi connectivity index (χ4n) is 3.38. The molecule has 7 heteroatoms. The first-order chi connectivity index (χ1) is 15.1. The van der Waals surface area contributed by atoms with Crippen LogP contribution in [0.15, 0.2) is 77.6 Å². The summed E-state index contributed by atoms with van der Waals surface area (Å²) in [7, 11) is 3.12. The Hall–Kier alpha value is -4.13. The van der Waals surface area contributed by atoms with Crippen LogP contribution in [-0.4, -0.2) is 29.9 Å². The van der Waals surface area contributed by atoms with Gasteiger partial charge in [0.15, 0.2) is 0 Å². The van der Waals surface area contributed by atoms with E-state index in [1.54, 1.807) is 38.5 Å². The van der Waals surface area contributed by atoms with Crippen molar-refractivity contribution in [3.63, 3.8) is 0 Å². The van der Waals surface area contributed by atoms with Gasteiger partial charge >= 0.3 is 0 Å². The van der Waals surface area contributed by atoms with Gasteiger partial charge < -0.3 is 14.8 Å². The van der Waals surface area contributed by atoms with Gasteiger partial charge in [-0.25, -0.2) is 4.68 Å². The molecular formula is C24H21N3O4. The molecule has 0 spiro atoms. The van der Waals surface area contributed by atoms with Crippen LogP contribution in [0.3, 0.4) is 0 Å². The van der Waals surface area contributed by atoms with Gasteiger partial charge in [0.2, 0.25) is 5.91 Å². The van der Waals surface area contributed by atoms with Crippen molar-refractivity contribution in [1.82, 2.24) is 9.78 Å². The van der Waals surface area contributed by atoms with E-state index in [1.165, 1.54) is 6.07 Å². The molecule has 4 rings (SSSR count). The van der Waals surface area contributed by atoms with E-state index in [0.29, 0.717) is 28.4 Å². The summed E-state index contributed by atoms with van der Waals surface area (Å²) in [6.07, 6.45) is 0. The number of methoxy groups -OCH3 is 2. The van der Waals surface area contributed by atoms with Gasteiger partial charge in [0.25, 0.3) is 5.56 Å². The molecule has 0 unspecified atom stereocenters. The van der Waals surface area contributed by atoms with E-state index < -0.39 is 0 Å². The second-order valence-electron chi connectivity index (χ2n) is 6.86. The third-order valence-electron chi connectivity index (χ3n) is 4.91. The number of ether oxygens (including phenoxy) is 2. The van der Waals surface area contributed by atoms with Crippen molar-refractivity contribution in [2.24, 2.45) is 0 Å². The highest BCUT2D eigenvalue weighted by atomic mass is 16.5. The Bertz CT molecular complexity index is 1310. The van der Waals surface area contributed by atoms with Gasteiger partial charge in [-0.15, -0.1) is 0 Å². The van der Waals surface area contributed by atoms with Crippen molar-refractivity contribution >= 4 is 22.4 Å². The Morgan fingerprint density at radius 3 is 2.58 bits per heavy atom. The number of rotatable bonds is 6. The highest BCUT2D eigenvalue weighted by Gasteiger charge is 2.13. The van der Waals surface area contributed by atoms with Crippen molar-refractivity contribution in [2.45, 2.75) is 6.54 Å². The lowest BCUT2D eigenvalue weighted by atomic mass is 10.1. The molecule has 0 saturated heterocycles. The van der Waals surface area contributed by atoms with Gasteiger partial charge in [0.1, 0.15) is 18.0 Å². The molecule has 1 aromatic heterocycles. The van der Waals surface area contributed by atoms with E-state index in [0.717, 1.165) is 15.5 Å². The van der Waals surface area contributed by atoms with Gasteiger partial charge in [-0.3, -0.25) is 9.59 Å². The Morgan fingerprint density at radius 1 is 0.968 bits per heavy atom. The van der Waals surface area contributed by atoms with Crippen LogP contribution >= 0.6 is 0 Å². The number of benzene rings is 3. The summed E-state index contributed by atoms with van der Waals surface area (Å²) in [4.78, 5) is 25.0. The maximum Gasteiger partial charge on any atom is 0.267 e. The minimum Gasteiger partial charge on any atom is -0.497 e. The molecule has 1 N–H and O–H groups in total. The quantitative estimate of drug-likeness (QED) is 0.519. The number of amides is 1. The monoisotopic (exact) mass is 415 g/mol. The first-order valence-electron chi connectivity index (χ1n) is 9.67. The molecule has 0 saturated carbocycles. The fraction of sp³-hybridized carbons (Fsp3) is 0.125. The fourth-order valence-corrected chi connectivity index (χ4v) is 3.38. The molecule has 0 radical (unpaired) electrons. The van der Waals surface area contributed by atoms with Gasteiger partial charge in [-0.1, -0.05) is 36.4 Å². The molecular weight excluding hydrogens is 394 g/mol. The van der Waals surface area contributed by atoms with Crippen molar-refractivity contribution in [2.75, 3.05) is 19.5 Å². The maximum absolute atomic E-state index is 12.7. The molecule has 0 aliphatic carbocycles. The summed E-state index contributed by atoms with van der Waals surface area (Å²) in [5.74, 6) is 0.852. The van der Waals surface area contributed by atoms with E-state index in [1.807, 2.05) is 42.5 Å². The number of nitrogens with zero attached hydrogens (tertiary/aromatic N) is 2. The first kappa shape index (κ1) is 20.2. The van der Waals surface area contributed by atoms with Crippen LogP contribution in [0.4, 0.5) is 5.69 Å². The number of anilines is 1. The second-order valence-corrected chi connectivity index (χ2v) is 6.86. The summed E-state index contributed by atoms with van der Waals surface area (Å²) in [5.41, 5.74) is 1.51. The van der Waals surface area contributed by atoms with Crippen LogP contribution in [0.25, 0.3) is 22.0 Å². The molecule has 0 aliphatic heterocycles. The SMILES string of the molecule is COc1ccc(-c2ccc(=O)n(CC(=O)Nc3cccc4ccccc34)n2)c(OC)c1. The van der Waals surface area contributed by atoms with Gasteiger partial charge in [0, 0.05) is 28.8 Å². The average molecular weight is 415 g/mol. The molecule has 1 amide bonds. The van der Waals surface area contributed by atoms with Crippen molar-refractivity contribution in [3.05, 3.63) is 83.2 Å². The lowest BCUT2D eigenvalue weighted by molar-refractivity contribution is -0.117. The Kier molecular flexibility index (Phi) is 5.66. The van der Waals surface area contributed by atoms with Gasteiger partial charge in [-0.2, -0.15) is 5.10 Å². The predicted octanol–water partition coefficient (Wildman–Crippen LogP) is 3.72. The Morgan fingerprint density at radius 2 is 1.77 bits per heavy atom. The third-order valence-corrected chi connectivity index (χ3v) is 4.91. The zero-order valence-corrected chi connectivity index (χ0v) is 17.2. The lowest BCUT2D eigenvalue weighted by Gasteiger charge is -2.12. The van der Waals surface area contributed by atoms with E-state index >= 15 is 0 Å². The summed E-state index contributed by atoms with van der Waals surface area (Å²) in [6, 6.07) is 21.7. The Labute approximate surface area is 178 Å². The standard InChI is InChI=1S/C24H21N3O4/c1-30-17-10-11-19(22(14-17)31-2)21-12-13-24(29)27(26-21)15-23(28)25-20-9-5-7-16-6-3-4-8-18(16)20/h3-14H,15H2,1-2H3,(H,25,28). The van der Waals surface area contributed by atoms with Crippen LogP contribution in [0, 0.1) is 0 Å². The molecule has 0 aliphatic rings. The zero-order valence-electron chi connectivity index (χ0n) is 17.2. The normalized spacial score (nSPS) is 10.6. The highest BCUT2D eigenvalue weighted by molar-refractivity contribution is 6.02. The molecule has 3 aromatic carbocycles. The molecule has 1 heterocycles. The lowest BCUT2D eigenvalue weighted by Crippen LogP contribution is -2.29. The second kappa shape index (κ2) is 8.71. The van der Waals surface area contributed by atoms with Crippen LogP contribution in [0.5, 0.6) is 11.5 Å². The van der Waals surface area contributed by atoms with E-state index in [2.05, 4.69) is 10.4 Å². The predicted molar refractivity (Wildman–Crippen MR) is 120 cm³/mol. The smallest absolute Gasteiger partial charge is 0.267 e. The van der Waals surface area contributed by atoms with E-state index in [9.17, 15) is 9.59 Å². The maximum atomic E-state index is 12.7. The number of fused-ring (bicyclic) bond motifs is 1. The van der Waals surface area contributed by atoms with Crippen LogP contribution < -0.4 is 20.3 Å². The molecule has 7 nitrogen and oxygen atoms in total. The summed E-state index contributed by atoms with van der Waals surface area (Å²) in [6.45, 7) is -0.214. The molecule has 156 valence electrons. The van der Waals surface area contributed by atoms with E-state index in [4.69, 9.17) is 9.47 Å². The number of hydrogen-bond donors (Lipinski definition) is 1. The van der Waals surface area contributed by atoms with Crippen LogP contribution in [0.1, 0.15) is 0 Å². The number of carbonyl (C=O) groups excluding carboxylic acids is 1. The van der Waals surface area contributed by atoms with Crippen LogP contribution in [-0.2, 0) is 11.3 Å². The third kappa shape index (κ3) is 4.25. The largest absolute Gasteiger partial charge is 0.497 e. The van der Waals surface area contributed by atoms with Crippen molar-refractivity contribution in [3.8, 4) is 22.8 Å². The molecule has 4 aromatic rings. The average Bonchev–Trinajstić information content (AvgIpc) is 2.80. The minimum absolute atomic E-state index is 0.214. The summed E-state index contributed by atoms with van der Waals surface area (Å²) >= 11 is 0. The highest BCUT2D eigenvalue weighted by Crippen LogP contribution is 2.31. The number of aromatic nitrogens is 2. The molecule has 0 fully saturated rings. The summed E-state index contributed by atoms with van der Waals surface area (Å²) in [5, 5.41) is 9.19. The number of nitrogens with one attached hydrogen (secondary N) is 1. The van der Waals surface area contributed by atoms with E-state index in [-0.39, 0.29) is 18.0 Å². The molecule has 0 atom stereocenters. The topological polar surface area (TPSA) is 82.5 Å². The Balaban J connectivity index is 1.61. The number of carbonyl (C=O) groups is 1.